The number of hydrogen-bond acceptors (Lipinski definition) is 5. The molecule has 0 saturated heterocycles. The van der Waals surface area contributed by atoms with Crippen LogP contribution in [0.25, 0.3) is 10.6 Å². The van der Waals surface area contributed by atoms with Gasteiger partial charge in [-0.1, -0.05) is 95.7 Å². The van der Waals surface area contributed by atoms with Crippen LogP contribution in [0.2, 0.25) is 5.02 Å². The number of hydrogen-bond donors (Lipinski definition) is 1. The van der Waals surface area contributed by atoms with E-state index in [1.54, 1.807) is 17.0 Å². The van der Waals surface area contributed by atoms with Gasteiger partial charge in [-0.05, 0) is 36.6 Å². The van der Waals surface area contributed by atoms with Crippen LogP contribution in [0.3, 0.4) is 0 Å². The molecule has 4 rings (SSSR count). The van der Waals surface area contributed by atoms with Gasteiger partial charge in [-0.3, -0.25) is 9.59 Å². The molecule has 0 fully saturated rings. The first-order valence-electron chi connectivity index (χ1n) is 11.8. The standard InChI is InChI=1S/C28H27ClN4O2S/c1-20(22-10-6-3-7-11-22)33(26(35)17-12-21-8-4-2-5-9-21)19-18-25(34)30-28-32-31-27(36-28)23-13-15-24(29)16-14-23/h2-11,13-16,20H,12,17-19H2,1H3,(H,30,32,34). The van der Waals surface area contributed by atoms with Crippen molar-refractivity contribution in [3.05, 3.63) is 101 Å². The van der Waals surface area contributed by atoms with E-state index in [4.69, 9.17) is 11.6 Å². The Morgan fingerprint density at radius 1 is 0.917 bits per heavy atom. The fraction of sp³-hybridized carbons (Fsp3) is 0.214. The Hall–Kier alpha value is -3.55. The van der Waals surface area contributed by atoms with E-state index in [1.165, 1.54) is 11.3 Å². The third kappa shape index (κ3) is 6.99. The number of amides is 2. The molecule has 184 valence electrons. The molecule has 1 unspecified atom stereocenters. The second-order valence-corrected chi connectivity index (χ2v) is 9.79. The molecule has 1 heterocycles. The molecule has 0 bridgehead atoms. The number of benzene rings is 3. The molecule has 1 aromatic heterocycles. The van der Waals surface area contributed by atoms with Crippen molar-refractivity contribution in [2.45, 2.75) is 32.2 Å². The summed E-state index contributed by atoms with van der Waals surface area (Å²) in [7, 11) is 0. The van der Waals surface area contributed by atoms with Gasteiger partial charge in [0.25, 0.3) is 0 Å². The van der Waals surface area contributed by atoms with E-state index in [1.807, 2.05) is 79.7 Å². The molecule has 36 heavy (non-hydrogen) atoms. The van der Waals surface area contributed by atoms with Crippen LogP contribution in [0.4, 0.5) is 5.13 Å². The Morgan fingerprint density at radius 3 is 2.28 bits per heavy atom. The summed E-state index contributed by atoms with van der Waals surface area (Å²) in [6.45, 7) is 2.30. The molecule has 0 aliphatic rings. The number of carbonyl (C=O) groups excluding carboxylic acids is 2. The summed E-state index contributed by atoms with van der Waals surface area (Å²) in [4.78, 5) is 27.8. The minimum atomic E-state index is -0.213. The van der Waals surface area contributed by atoms with E-state index in [-0.39, 0.29) is 24.3 Å². The summed E-state index contributed by atoms with van der Waals surface area (Å²) in [6.07, 6.45) is 1.19. The van der Waals surface area contributed by atoms with Crippen molar-refractivity contribution in [3.63, 3.8) is 0 Å². The quantitative estimate of drug-likeness (QED) is 0.263. The molecule has 2 amide bonds. The Bertz CT molecular complexity index is 1280. The Labute approximate surface area is 220 Å². The molecular formula is C28H27ClN4O2S. The summed E-state index contributed by atoms with van der Waals surface area (Å²) in [5.41, 5.74) is 3.02. The van der Waals surface area contributed by atoms with Crippen molar-refractivity contribution < 1.29 is 9.59 Å². The summed E-state index contributed by atoms with van der Waals surface area (Å²) in [5, 5.41) is 12.8. The number of rotatable bonds is 10. The molecule has 0 aliphatic carbocycles. The summed E-state index contributed by atoms with van der Waals surface area (Å²) in [5.74, 6) is -0.195. The van der Waals surface area contributed by atoms with Crippen LogP contribution in [0.5, 0.6) is 0 Å². The van der Waals surface area contributed by atoms with Crippen LogP contribution in [0.1, 0.15) is 36.9 Å². The zero-order valence-corrected chi connectivity index (χ0v) is 21.5. The van der Waals surface area contributed by atoms with Gasteiger partial charge in [0.1, 0.15) is 5.01 Å². The highest BCUT2D eigenvalue weighted by atomic mass is 35.5. The van der Waals surface area contributed by atoms with Gasteiger partial charge < -0.3 is 10.2 Å². The Kier molecular flexibility index (Phi) is 8.81. The number of nitrogens with zero attached hydrogens (tertiary/aromatic N) is 3. The SMILES string of the molecule is CC(c1ccccc1)N(CCC(=O)Nc1nnc(-c2ccc(Cl)cc2)s1)C(=O)CCc1ccccc1. The molecule has 0 aliphatic heterocycles. The topological polar surface area (TPSA) is 75.2 Å². The molecule has 8 heteroatoms. The van der Waals surface area contributed by atoms with Crippen LogP contribution < -0.4 is 5.32 Å². The van der Waals surface area contributed by atoms with E-state index in [2.05, 4.69) is 15.5 Å². The lowest BCUT2D eigenvalue weighted by molar-refractivity contribution is -0.133. The predicted octanol–water partition coefficient (Wildman–Crippen LogP) is 6.41. The number of carbonyl (C=O) groups is 2. The maximum Gasteiger partial charge on any atom is 0.227 e. The van der Waals surface area contributed by atoms with Crippen LogP contribution in [-0.2, 0) is 16.0 Å². The van der Waals surface area contributed by atoms with E-state index in [0.29, 0.717) is 34.5 Å². The zero-order chi connectivity index (χ0) is 25.3. The minimum absolute atomic E-state index is 0.0175. The first-order chi connectivity index (χ1) is 17.5. The van der Waals surface area contributed by atoms with Crippen LogP contribution in [0, 0.1) is 0 Å². The lowest BCUT2D eigenvalue weighted by atomic mass is 10.0. The molecule has 6 nitrogen and oxygen atoms in total. The lowest BCUT2D eigenvalue weighted by Crippen LogP contribution is -2.36. The Balaban J connectivity index is 1.39. The van der Waals surface area contributed by atoms with Gasteiger partial charge in [-0.15, -0.1) is 10.2 Å². The average molecular weight is 519 g/mol. The highest BCUT2D eigenvalue weighted by Gasteiger charge is 2.22. The first-order valence-corrected chi connectivity index (χ1v) is 13.0. The predicted molar refractivity (Wildman–Crippen MR) is 145 cm³/mol. The zero-order valence-electron chi connectivity index (χ0n) is 19.9. The van der Waals surface area contributed by atoms with Crippen molar-refractivity contribution >= 4 is 39.9 Å². The summed E-state index contributed by atoms with van der Waals surface area (Å²) < 4.78 is 0. The molecule has 1 N–H and O–H groups in total. The van der Waals surface area contributed by atoms with Crippen LogP contribution >= 0.6 is 22.9 Å². The first kappa shape index (κ1) is 25.5. The summed E-state index contributed by atoms with van der Waals surface area (Å²) in [6, 6.07) is 27.0. The molecule has 0 spiro atoms. The fourth-order valence-corrected chi connectivity index (χ4v) is 4.76. The van der Waals surface area contributed by atoms with Gasteiger partial charge in [0.05, 0.1) is 6.04 Å². The molecule has 0 radical (unpaired) electrons. The third-order valence-electron chi connectivity index (χ3n) is 5.88. The maximum atomic E-state index is 13.3. The van der Waals surface area contributed by atoms with Gasteiger partial charge >= 0.3 is 0 Å². The maximum absolute atomic E-state index is 13.3. The average Bonchev–Trinajstić information content (AvgIpc) is 3.37. The van der Waals surface area contributed by atoms with Gasteiger partial charge in [0.2, 0.25) is 16.9 Å². The smallest absolute Gasteiger partial charge is 0.227 e. The number of anilines is 1. The van der Waals surface area contributed by atoms with E-state index in [9.17, 15) is 9.59 Å². The summed E-state index contributed by atoms with van der Waals surface area (Å²) >= 11 is 7.24. The molecule has 4 aromatic rings. The van der Waals surface area contributed by atoms with Crippen molar-refractivity contribution in [2.75, 3.05) is 11.9 Å². The van der Waals surface area contributed by atoms with Gasteiger partial charge in [-0.25, -0.2) is 0 Å². The number of aromatic nitrogens is 2. The van der Waals surface area contributed by atoms with E-state index < -0.39 is 0 Å². The highest BCUT2D eigenvalue weighted by Crippen LogP contribution is 2.27. The van der Waals surface area contributed by atoms with Gasteiger partial charge in [0.15, 0.2) is 0 Å². The van der Waals surface area contributed by atoms with Crippen LogP contribution in [0.15, 0.2) is 84.9 Å². The van der Waals surface area contributed by atoms with Crippen molar-refractivity contribution in [1.82, 2.24) is 15.1 Å². The molecule has 0 saturated carbocycles. The number of halogens is 1. The van der Waals surface area contributed by atoms with Crippen LogP contribution in [-0.4, -0.2) is 33.5 Å². The molecule has 3 aromatic carbocycles. The van der Waals surface area contributed by atoms with E-state index >= 15 is 0 Å². The molecular weight excluding hydrogens is 492 g/mol. The second kappa shape index (κ2) is 12.4. The lowest BCUT2D eigenvalue weighted by Gasteiger charge is -2.30. The molecule has 1 atom stereocenters. The number of aryl methyl sites for hydroxylation is 1. The largest absolute Gasteiger partial charge is 0.335 e. The minimum Gasteiger partial charge on any atom is -0.335 e. The van der Waals surface area contributed by atoms with Crippen molar-refractivity contribution in [3.8, 4) is 10.6 Å². The van der Waals surface area contributed by atoms with Gasteiger partial charge in [0, 0.05) is 30.0 Å². The Morgan fingerprint density at radius 2 is 1.58 bits per heavy atom. The van der Waals surface area contributed by atoms with Crippen molar-refractivity contribution in [1.29, 1.82) is 0 Å². The van der Waals surface area contributed by atoms with Crippen molar-refractivity contribution in [2.24, 2.45) is 0 Å². The van der Waals surface area contributed by atoms with Gasteiger partial charge in [-0.2, -0.15) is 0 Å². The van der Waals surface area contributed by atoms with E-state index in [0.717, 1.165) is 16.7 Å². The fourth-order valence-electron chi connectivity index (χ4n) is 3.87. The number of nitrogens with one attached hydrogen (secondary N) is 1. The normalized spacial score (nSPS) is 11.6. The highest BCUT2D eigenvalue weighted by molar-refractivity contribution is 7.18. The second-order valence-electron chi connectivity index (χ2n) is 8.38. The monoisotopic (exact) mass is 518 g/mol. The third-order valence-corrected chi connectivity index (χ3v) is 7.02.